The molecular formula is C14H25N5. The molecule has 106 valence electrons. The van der Waals surface area contributed by atoms with E-state index in [9.17, 15) is 0 Å². The van der Waals surface area contributed by atoms with Crippen molar-refractivity contribution in [3.05, 3.63) is 11.4 Å². The number of nitrogens with one attached hydrogen (secondary N) is 1. The molecule has 0 saturated carbocycles. The van der Waals surface area contributed by atoms with Crippen LogP contribution in [0.4, 0.5) is 11.6 Å². The standard InChI is InChI=1S/C14H25N5/c1-4-6-12-16-13(18-15)11(3)14(17-12)19-8-5-7-10(2)9-19/h10H,4-9,15H2,1-3H3,(H,16,17,18). The zero-order valence-electron chi connectivity index (χ0n) is 12.2. The number of nitrogens with two attached hydrogens (primary N) is 1. The first kappa shape index (κ1) is 14.1. The van der Waals surface area contributed by atoms with E-state index in [4.69, 9.17) is 10.8 Å². The Kier molecular flexibility index (Phi) is 4.58. The topological polar surface area (TPSA) is 67.1 Å². The fourth-order valence-corrected chi connectivity index (χ4v) is 2.72. The minimum atomic E-state index is 0.729. The summed E-state index contributed by atoms with van der Waals surface area (Å²) in [5.41, 5.74) is 3.76. The van der Waals surface area contributed by atoms with E-state index in [0.29, 0.717) is 0 Å². The van der Waals surface area contributed by atoms with E-state index in [0.717, 1.165) is 54.9 Å². The number of aromatic nitrogens is 2. The minimum Gasteiger partial charge on any atom is -0.356 e. The third-order valence-electron chi connectivity index (χ3n) is 3.73. The van der Waals surface area contributed by atoms with Crippen molar-refractivity contribution < 1.29 is 0 Å². The first-order valence-electron chi connectivity index (χ1n) is 7.24. The summed E-state index contributed by atoms with van der Waals surface area (Å²) in [6, 6.07) is 0. The lowest BCUT2D eigenvalue weighted by atomic mass is 10.00. The lowest BCUT2D eigenvalue weighted by Gasteiger charge is -2.33. The molecule has 0 amide bonds. The summed E-state index contributed by atoms with van der Waals surface area (Å²) < 4.78 is 0. The van der Waals surface area contributed by atoms with Crippen molar-refractivity contribution in [2.45, 2.75) is 46.5 Å². The van der Waals surface area contributed by atoms with Crippen LogP contribution >= 0.6 is 0 Å². The predicted octanol–water partition coefficient (Wildman–Crippen LogP) is 2.26. The SMILES string of the molecule is CCCc1nc(NN)c(C)c(N2CCCC(C)C2)n1. The van der Waals surface area contributed by atoms with Crippen molar-refractivity contribution in [2.24, 2.45) is 11.8 Å². The number of hydrogen-bond acceptors (Lipinski definition) is 5. The molecule has 0 bridgehead atoms. The quantitative estimate of drug-likeness (QED) is 0.644. The average molecular weight is 263 g/mol. The highest BCUT2D eigenvalue weighted by molar-refractivity contribution is 5.58. The van der Waals surface area contributed by atoms with Gasteiger partial charge in [-0.1, -0.05) is 13.8 Å². The second-order valence-electron chi connectivity index (χ2n) is 5.52. The van der Waals surface area contributed by atoms with Gasteiger partial charge < -0.3 is 10.3 Å². The highest BCUT2D eigenvalue weighted by Crippen LogP contribution is 2.27. The maximum Gasteiger partial charge on any atom is 0.148 e. The summed E-state index contributed by atoms with van der Waals surface area (Å²) in [7, 11) is 0. The summed E-state index contributed by atoms with van der Waals surface area (Å²) in [5, 5.41) is 0. The summed E-state index contributed by atoms with van der Waals surface area (Å²) >= 11 is 0. The Hall–Kier alpha value is -1.36. The van der Waals surface area contributed by atoms with Crippen LogP contribution in [0.5, 0.6) is 0 Å². The molecular weight excluding hydrogens is 238 g/mol. The molecule has 2 rings (SSSR count). The first-order chi connectivity index (χ1) is 9.15. The Morgan fingerprint density at radius 2 is 2.21 bits per heavy atom. The Balaban J connectivity index is 2.33. The Labute approximate surface area is 115 Å². The van der Waals surface area contributed by atoms with E-state index in [2.05, 4.69) is 29.2 Å². The van der Waals surface area contributed by atoms with Crippen molar-refractivity contribution >= 4 is 11.6 Å². The van der Waals surface area contributed by atoms with Crippen molar-refractivity contribution in [3.8, 4) is 0 Å². The molecule has 1 atom stereocenters. The van der Waals surface area contributed by atoms with Crippen LogP contribution in [0.3, 0.4) is 0 Å². The molecule has 5 heteroatoms. The Morgan fingerprint density at radius 1 is 1.42 bits per heavy atom. The number of anilines is 2. The van der Waals surface area contributed by atoms with Crippen LogP contribution in [0, 0.1) is 12.8 Å². The lowest BCUT2D eigenvalue weighted by molar-refractivity contribution is 0.443. The predicted molar refractivity (Wildman–Crippen MR) is 79.2 cm³/mol. The van der Waals surface area contributed by atoms with Crippen molar-refractivity contribution in [3.63, 3.8) is 0 Å². The molecule has 0 spiro atoms. The van der Waals surface area contributed by atoms with Crippen molar-refractivity contribution in [1.29, 1.82) is 0 Å². The van der Waals surface area contributed by atoms with Gasteiger partial charge in [-0.25, -0.2) is 15.8 Å². The molecule has 1 aliphatic heterocycles. The maximum atomic E-state index is 5.58. The van der Waals surface area contributed by atoms with E-state index in [1.165, 1.54) is 12.8 Å². The number of nitrogens with zero attached hydrogens (tertiary/aromatic N) is 3. The van der Waals surface area contributed by atoms with E-state index in [1.807, 2.05) is 6.92 Å². The largest absolute Gasteiger partial charge is 0.356 e. The van der Waals surface area contributed by atoms with Gasteiger partial charge in [0.1, 0.15) is 17.5 Å². The average Bonchev–Trinajstić information content (AvgIpc) is 2.41. The number of rotatable bonds is 4. The molecule has 0 aliphatic carbocycles. The van der Waals surface area contributed by atoms with E-state index < -0.39 is 0 Å². The zero-order valence-corrected chi connectivity index (χ0v) is 12.2. The number of nitrogen functional groups attached to an aromatic ring is 1. The second-order valence-corrected chi connectivity index (χ2v) is 5.52. The van der Waals surface area contributed by atoms with E-state index in [-0.39, 0.29) is 0 Å². The van der Waals surface area contributed by atoms with Crippen LogP contribution in [0.25, 0.3) is 0 Å². The summed E-state index contributed by atoms with van der Waals surface area (Å²) in [4.78, 5) is 11.6. The van der Waals surface area contributed by atoms with Gasteiger partial charge in [0.15, 0.2) is 0 Å². The normalized spacial score (nSPS) is 19.6. The van der Waals surface area contributed by atoms with Gasteiger partial charge in [-0.2, -0.15) is 0 Å². The highest BCUT2D eigenvalue weighted by Gasteiger charge is 2.21. The van der Waals surface area contributed by atoms with Gasteiger partial charge in [0, 0.05) is 25.1 Å². The van der Waals surface area contributed by atoms with Crippen LogP contribution in [0.15, 0.2) is 0 Å². The molecule has 5 nitrogen and oxygen atoms in total. The fraction of sp³-hybridized carbons (Fsp3) is 0.714. The number of hydrazine groups is 1. The van der Waals surface area contributed by atoms with Crippen LogP contribution in [0.2, 0.25) is 0 Å². The summed E-state index contributed by atoms with van der Waals surface area (Å²) in [5.74, 6) is 9.00. The lowest BCUT2D eigenvalue weighted by Crippen LogP contribution is -2.36. The second kappa shape index (κ2) is 6.19. The molecule has 2 heterocycles. The first-order valence-corrected chi connectivity index (χ1v) is 7.24. The molecule has 1 aromatic rings. The van der Waals surface area contributed by atoms with Crippen LogP contribution in [-0.4, -0.2) is 23.1 Å². The number of piperidine rings is 1. The summed E-state index contributed by atoms with van der Waals surface area (Å²) in [6.45, 7) is 8.64. The number of aryl methyl sites for hydroxylation is 1. The van der Waals surface area contributed by atoms with Gasteiger partial charge in [-0.15, -0.1) is 0 Å². The van der Waals surface area contributed by atoms with Crippen LogP contribution < -0.4 is 16.2 Å². The van der Waals surface area contributed by atoms with Gasteiger partial charge in [-0.05, 0) is 32.1 Å². The van der Waals surface area contributed by atoms with Crippen molar-refractivity contribution in [2.75, 3.05) is 23.4 Å². The summed E-state index contributed by atoms with van der Waals surface area (Å²) in [6.07, 6.45) is 4.48. The number of hydrogen-bond donors (Lipinski definition) is 2. The van der Waals surface area contributed by atoms with Gasteiger partial charge in [0.25, 0.3) is 0 Å². The van der Waals surface area contributed by atoms with E-state index in [1.54, 1.807) is 0 Å². The molecule has 1 saturated heterocycles. The molecule has 1 aromatic heterocycles. The molecule has 0 radical (unpaired) electrons. The zero-order chi connectivity index (χ0) is 13.8. The minimum absolute atomic E-state index is 0.729. The van der Waals surface area contributed by atoms with Gasteiger partial charge >= 0.3 is 0 Å². The van der Waals surface area contributed by atoms with Gasteiger partial charge in [-0.3, -0.25) is 0 Å². The molecule has 1 fully saturated rings. The van der Waals surface area contributed by atoms with Crippen LogP contribution in [0.1, 0.15) is 44.5 Å². The van der Waals surface area contributed by atoms with E-state index >= 15 is 0 Å². The highest BCUT2D eigenvalue weighted by atomic mass is 15.3. The maximum absolute atomic E-state index is 5.58. The molecule has 19 heavy (non-hydrogen) atoms. The van der Waals surface area contributed by atoms with Gasteiger partial charge in [0.2, 0.25) is 0 Å². The smallest absolute Gasteiger partial charge is 0.148 e. The third kappa shape index (κ3) is 3.15. The monoisotopic (exact) mass is 263 g/mol. The van der Waals surface area contributed by atoms with Crippen LogP contribution in [-0.2, 0) is 6.42 Å². The van der Waals surface area contributed by atoms with Gasteiger partial charge in [0.05, 0.1) is 0 Å². The van der Waals surface area contributed by atoms with Crippen molar-refractivity contribution in [1.82, 2.24) is 9.97 Å². The molecule has 3 N–H and O–H groups in total. The molecule has 1 aliphatic rings. The molecule has 0 aromatic carbocycles. The Bertz CT molecular complexity index is 432. The Morgan fingerprint density at radius 3 is 2.84 bits per heavy atom. The fourth-order valence-electron chi connectivity index (χ4n) is 2.72. The third-order valence-corrected chi connectivity index (χ3v) is 3.73. The molecule has 1 unspecified atom stereocenters.